The fourth-order valence-corrected chi connectivity index (χ4v) is 2.23. The molecule has 0 amide bonds. The third-order valence-electron chi connectivity index (χ3n) is 2.68. The van der Waals surface area contributed by atoms with E-state index < -0.39 is 0 Å². The standard InChI is InChI=1S/C9H13Cl2NO/c10-8-1-3-12(5-9(8)11)7-2-4-13-6-7/h7H,1-6H2. The number of rotatable bonds is 1. The van der Waals surface area contributed by atoms with Gasteiger partial charge in [-0.15, -0.1) is 0 Å². The Labute approximate surface area is 88.4 Å². The predicted octanol–water partition coefficient (Wildman–Crippen LogP) is 2.17. The number of nitrogens with zero attached hydrogens (tertiary/aromatic N) is 1. The van der Waals surface area contributed by atoms with Crippen LogP contribution in [0, 0.1) is 0 Å². The molecule has 0 radical (unpaired) electrons. The number of halogens is 2. The van der Waals surface area contributed by atoms with Crippen molar-refractivity contribution in [3.63, 3.8) is 0 Å². The van der Waals surface area contributed by atoms with Gasteiger partial charge in [-0.3, -0.25) is 4.90 Å². The Bertz CT molecular complexity index is 224. The monoisotopic (exact) mass is 221 g/mol. The van der Waals surface area contributed by atoms with Gasteiger partial charge in [0.05, 0.1) is 6.61 Å². The average Bonchev–Trinajstić information content (AvgIpc) is 2.62. The largest absolute Gasteiger partial charge is 0.380 e. The van der Waals surface area contributed by atoms with Gasteiger partial charge >= 0.3 is 0 Å². The molecule has 2 heterocycles. The molecule has 1 saturated heterocycles. The summed E-state index contributed by atoms with van der Waals surface area (Å²) >= 11 is 11.9. The second-order valence-corrected chi connectivity index (χ2v) is 4.46. The van der Waals surface area contributed by atoms with Crippen molar-refractivity contribution in [2.24, 2.45) is 0 Å². The van der Waals surface area contributed by atoms with Crippen LogP contribution < -0.4 is 0 Å². The lowest BCUT2D eigenvalue weighted by Crippen LogP contribution is -2.39. The first kappa shape index (κ1) is 9.78. The molecule has 1 atom stereocenters. The van der Waals surface area contributed by atoms with Crippen LogP contribution in [0.1, 0.15) is 12.8 Å². The van der Waals surface area contributed by atoms with Gasteiger partial charge in [-0.1, -0.05) is 23.2 Å². The molecule has 4 heteroatoms. The van der Waals surface area contributed by atoms with E-state index in [1.807, 2.05) is 0 Å². The Morgan fingerprint density at radius 1 is 1.31 bits per heavy atom. The van der Waals surface area contributed by atoms with Crippen LogP contribution in [0.3, 0.4) is 0 Å². The highest BCUT2D eigenvalue weighted by Gasteiger charge is 2.26. The zero-order valence-electron chi connectivity index (χ0n) is 7.43. The van der Waals surface area contributed by atoms with Gasteiger partial charge in [-0.25, -0.2) is 0 Å². The fourth-order valence-electron chi connectivity index (χ4n) is 1.84. The summed E-state index contributed by atoms with van der Waals surface area (Å²) in [7, 11) is 0. The van der Waals surface area contributed by atoms with Gasteiger partial charge < -0.3 is 4.74 Å². The topological polar surface area (TPSA) is 12.5 Å². The normalized spacial score (nSPS) is 31.4. The zero-order valence-corrected chi connectivity index (χ0v) is 8.94. The van der Waals surface area contributed by atoms with Crippen molar-refractivity contribution in [2.45, 2.75) is 18.9 Å². The summed E-state index contributed by atoms with van der Waals surface area (Å²) < 4.78 is 5.34. The van der Waals surface area contributed by atoms with Crippen LogP contribution >= 0.6 is 23.2 Å². The molecule has 0 spiro atoms. The van der Waals surface area contributed by atoms with Gasteiger partial charge in [0.1, 0.15) is 0 Å². The molecule has 2 rings (SSSR count). The summed E-state index contributed by atoms with van der Waals surface area (Å²) in [4.78, 5) is 2.36. The molecular formula is C9H13Cl2NO. The summed E-state index contributed by atoms with van der Waals surface area (Å²) in [6.07, 6.45) is 2.01. The third kappa shape index (κ3) is 2.18. The first-order valence-electron chi connectivity index (χ1n) is 4.62. The highest BCUT2D eigenvalue weighted by Crippen LogP contribution is 2.26. The minimum absolute atomic E-state index is 0.554. The maximum atomic E-state index is 6.01. The molecule has 0 aromatic carbocycles. The Morgan fingerprint density at radius 3 is 2.77 bits per heavy atom. The number of hydrogen-bond donors (Lipinski definition) is 0. The molecule has 13 heavy (non-hydrogen) atoms. The maximum absolute atomic E-state index is 6.01. The molecule has 1 unspecified atom stereocenters. The van der Waals surface area contributed by atoms with Crippen molar-refractivity contribution in [1.82, 2.24) is 4.90 Å². The summed E-state index contributed by atoms with van der Waals surface area (Å²) in [6.45, 7) is 3.55. The van der Waals surface area contributed by atoms with Crippen molar-refractivity contribution in [2.75, 3.05) is 26.3 Å². The molecule has 2 aliphatic heterocycles. The van der Waals surface area contributed by atoms with Gasteiger partial charge in [0.15, 0.2) is 0 Å². The zero-order chi connectivity index (χ0) is 9.26. The second kappa shape index (κ2) is 4.18. The van der Waals surface area contributed by atoms with Gasteiger partial charge in [0.2, 0.25) is 0 Å². The third-order valence-corrected chi connectivity index (χ3v) is 3.54. The van der Waals surface area contributed by atoms with Crippen LogP contribution in [0.25, 0.3) is 0 Å². The van der Waals surface area contributed by atoms with E-state index in [0.717, 1.165) is 49.2 Å². The van der Waals surface area contributed by atoms with E-state index in [9.17, 15) is 0 Å². The number of hydrogen-bond acceptors (Lipinski definition) is 2. The molecule has 1 fully saturated rings. The molecule has 0 saturated carbocycles. The molecule has 0 aliphatic carbocycles. The minimum Gasteiger partial charge on any atom is -0.380 e. The van der Waals surface area contributed by atoms with E-state index in [0.29, 0.717) is 6.04 Å². The van der Waals surface area contributed by atoms with Gasteiger partial charge in [0.25, 0.3) is 0 Å². The van der Waals surface area contributed by atoms with E-state index in [1.165, 1.54) is 0 Å². The van der Waals surface area contributed by atoms with E-state index in [4.69, 9.17) is 27.9 Å². The molecule has 2 aliphatic rings. The van der Waals surface area contributed by atoms with Crippen LogP contribution in [0.2, 0.25) is 0 Å². The van der Waals surface area contributed by atoms with E-state index in [2.05, 4.69) is 4.90 Å². The van der Waals surface area contributed by atoms with Crippen LogP contribution in [-0.4, -0.2) is 37.2 Å². The molecule has 2 nitrogen and oxygen atoms in total. The minimum atomic E-state index is 0.554. The summed E-state index contributed by atoms with van der Waals surface area (Å²) in [5, 5.41) is 1.64. The van der Waals surface area contributed by atoms with Gasteiger partial charge in [-0.2, -0.15) is 0 Å². The van der Waals surface area contributed by atoms with Gasteiger partial charge in [0, 0.05) is 35.8 Å². The van der Waals surface area contributed by atoms with Crippen molar-refractivity contribution in [3.05, 3.63) is 10.1 Å². The maximum Gasteiger partial charge on any atom is 0.0622 e. The Hall–Kier alpha value is 0.240. The first-order chi connectivity index (χ1) is 6.27. The van der Waals surface area contributed by atoms with Crippen LogP contribution in [0.4, 0.5) is 0 Å². The van der Waals surface area contributed by atoms with Gasteiger partial charge in [-0.05, 0) is 12.8 Å². The SMILES string of the molecule is ClC1=C(Cl)CN(C2CCOC2)CC1. The Morgan fingerprint density at radius 2 is 2.15 bits per heavy atom. The Balaban J connectivity index is 1.96. The summed E-state index contributed by atoms with van der Waals surface area (Å²) in [5.41, 5.74) is 0. The lowest BCUT2D eigenvalue weighted by atomic mass is 10.1. The van der Waals surface area contributed by atoms with Crippen molar-refractivity contribution < 1.29 is 4.74 Å². The average molecular weight is 222 g/mol. The molecule has 0 aromatic rings. The Kier molecular flexibility index (Phi) is 3.14. The molecule has 0 N–H and O–H groups in total. The summed E-state index contributed by atoms with van der Waals surface area (Å²) in [6, 6.07) is 0.554. The fraction of sp³-hybridized carbons (Fsp3) is 0.778. The van der Waals surface area contributed by atoms with Crippen LogP contribution in [-0.2, 0) is 4.74 Å². The first-order valence-corrected chi connectivity index (χ1v) is 5.38. The molecule has 74 valence electrons. The van der Waals surface area contributed by atoms with E-state index in [-0.39, 0.29) is 0 Å². The smallest absolute Gasteiger partial charge is 0.0622 e. The predicted molar refractivity (Wildman–Crippen MR) is 54.1 cm³/mol. The van der Waals surface area contributed by atoms with Crippen LogP contribution in [0.15, 0.2) is 10.1 Å². The highest BCUT2D eigenvalue weighted by atomic mass is 35.5. The van der Waals surface area contributed by atoms with Crippen molar-refractivity contribution >= 4 is 23.2 Å². The van der Waals surface area contributed by atoms with Crippen LogP contribution in [0.5, 0.6) is 0 Å². The molecule has 0 bridgehead atoms. The second-order valence-electron chi connectivity index (χ2n) is 3.55. The van der Waals surface area contributed by atoms with E-state index in [1.54, 1.807) is 0 Å². The van der Waals surface area contributed by atoms with Crippen molar-refractivity contribution in [1.29, 1.82) is 0 Å². The quantitative estimate of drug-likeness (QED) is 0.674. The lowest BCUT2D eigenvalue weighted by Gasteiger charge is -2.30. The number of ether oxygens (including phenoxy) is 1. The van der Waals surface area contributed by atoms with E-state index >= 15 is 0 Å². The molecular weight excluding hydrogens is 209 g/mol. The lowest BCUT2D eigenvalue weighted by molar-refractivity contribution is 0.149. The van der Waals surface area contributed by atoms with Crippen molar-refractivity contribution in [3.8, 4) is 0 Å². The summed E-state index contributed by atoms with van der Waals surface area (Å²) in [5.74, 6) is 0. The highest BCUT2D eigenvalue weighted by molar-refractivity contribution is 6.39. The molecule has 0 aromatic heterocycles.